The van der Waals surface area contributed by atoms with Gasteiger partial charge >= 0.3 is 0 Å². The number of nitrogens with zero attached hydrogens (tertiary/aromatic N) is 2. The zero-order valence-electron chi connectivity index (χ0n) is 13.4. The SMILES string of the molecule is Cc1ccccc1S(=O)(=O)NCCc1nnc(-c2ccc(F)cc2)o1. The van der Waals surface area contributed by atoms with Gasteiger partial charge in [-0.15, -0.1) is 10.2 Å². The van der Waals surface area contributed by atoms with E-state index in [0.29, 0.717) is 17.0 Å². The molecule has 3 aromatic rings. The Bertz CT molecular complexity index is 969. The van der Waals surface area contributed by atoms with Crippen LogP contribution in [0.4, 0.5) is 4.39 Å². The lowest BCUT2D eigenvalue weighted by atomic mass is 10.2. The van der Waals surface area contributed by atoms with Gasteiger partial charge in [-0.3, -0.25) is 0 Å². The van der Waals surface area contributed by atoms with Crippen LogP contribution in [0.25, 0.3) is 11.5 Å². The number of benzene rings is 2. The standard InChI is InChI=1S/C17H16FN3O3S/c1-12-4-2-3-5-15(12)25(22,23)19-11-10-16-20-21-17(24-16)13-6-8-14(18)9-7-13/h2-9,19H,10-11H2,1H3. The number of sulfonamides is 1. The second-order valence-electron chi connectivity index (χ2n) is 5.42. The molecular formula is C17H16FN3O3S. The van der Waals surface area contributed by atoms with Crippen molar-refractivity contribution in [2.75, 3.05) is 6.54 Å². The number of nitrogens with one attached hydrogen (secondary N) is 1. The maximum Gasteiger partial charge on any atom is 0.247 e. The third-order valence-corrected chi connectivity index (χ3v) is 5.19. The molecule has 0 saturated carbocycles. The second kappa shape index (κ2) is 7.12. The molecule has 25 heavy (non-hydrogen) atoms. The van der Waals surface area contributed by atoms with Crippen LogP contribution in [-0.4, -0.2) is 25.2 Å². The van der Waals surface area contributed by atoms with Gasteiger partial charge in [-0.2, -0.15) is 0 Å². The lowest BCUT2D eigenvalue weighted by molar-refractivity contribution is 0.501. The molecule has 0 bridgehead atoms. The van der Waals surface area contributed by atoms with Gasteiger partial charge in [-0.05, 0) is 42.8 Å². The van der Waals surface area contributed by atoms with Crippen molar-refractivity contribution >= 4 is 10.0 Å². The van der Waals surface area contributed by atoms with E-state index in [4.69, 9.17) is 4.42 Å². The summed E-state index contributed by atoms with van der Waals surface area (Å²) in [6.07, 6.45) is 0.249. The predicted octanol–water partition coefficient (Wildman–Crippen LogP) is 2.71. The fourth-order valence-electron chi connectivity index (χ4n) is 2.29. The van der Waals surface area contributed by atoms with Gasteiger partial charge in [0, 0.05) is 18.5 Å². The second-order valence-corrected chi connectivity index (χ2v) is 7.16. The average molecular weight is 361 g/mol. The van der Waals surface area contributed by atoms with Crippen LogP contribution in [0.5, 0.6) is 0 Å². The Labute approximate surface area is 144 Å². The Morgan fingerprint density at radius 1 is 1.08 bits per heavy atom. The Morgan fingerprint density at radius 3 is 2.52 bits per heavy atom. The van der Waals surface area contributed by atoms with Crippen molar-refractivity contribution in [2.45, 2.75) is 18.2 Å². The molecule has 1 aromatic heterocycles. The Morgan fingerprint density at radius 2 is 1.80 bits per heavy atom. The van der Waals surface area contributed by atoms with Crippen LogP contribution in [0.15, 0.2) is 57.8 Å². The molecule has 0 spiro atoms. The summed E-state index contributed by atoms with van der Waals surface area (Å²) in [6, 6.07) is 12.4. The van der Waals surface area contributed by atoms with Gasteiger partial charge in [0.1, 0.15) is 5.82 Å². The molecule has 0 aliphatic rings. The van der Waals surface area contributed by atoms with Crippen molar-refractivity contribution in [1.82, 2.24) is 14.9 Å². The first-order valence-corrected chi connectivity index (χ1v) is 9.08. The van der Waals surface area contributed by atoms with E-state index < -0.39 is 10.0 Å². The van der Waals surface area contributed by atoms with E-state index in [2.05, 4.69) is 14.9 Å². The molecule has 6 nitrogen and oxygen atoms in total. The number of hydrogen-bond donors (Lipinski definition) is 1. The van der Waals surface area contributed by atoms with Crippen molar-refractivity contribution in [3.05, 3.63) is 65.8 Å². The molecular weight excluding hydrogens is 345 g/mol. The number of hydrogen-bond acceptors (Lipinski definition) is 5. The van der Waals surface area contributed by atoms with Crippen molar-refractivity contribution in [1.29, 1.82) is 0 Å². The summed E-state index contributed by atoms with van der Waals surface area (Å²) in [6.45, 7) is 1.86. The van der Waals surface area contributed by atoms with Crippen molar-refractivity contribution in [2.24, 2.45) is 0 Å². The van der Waals surface area contributed by atoms with Gasteiger partial charge in [0.2, 0.25) is 21.8 Å². The molecule has 130 valence electrons. The smallest absolute Gasteiger partial charge is 0.247 e. The summed E-state index contributed by atoms with van der Waals surface area (Å²) in [5.41, 5.74) is 1.27. The summed E-state index contributed by atoms with van der Waals surface area (Å²) in [5.74, 6) is 0.206. The summed E-state index contributed by atoms with van der Waals surface area (Å²) < 4.78 is 45.5. The van der Waals surface area contributed by atoms with Crippen molar-refractivity contribution in [3.63, 3.8) is 0 Å². The van der Waals surface area contributed by atoms with E-state index in [-0.39, 0.29) is 29.6 Å². The van der Waals surface area contributed by atoms with Gasteiger partial charge in [-0.1, -0.05) is 18.2 Å². The highest BCUT2D eigenvalue weighted by molar-refractivity contribution is 7.89. The fourth-order valence-corrected chi connectivity index (χ4v) is 3.57. The Kier molecular flexibility index (Phi) is 4.91. The van der Waals surface area contributed by atoms with Gasteiger partial charge < -0.3 is 4.42 Å². The van der Waals surface area contributed by atoms with E-state index in [9.17, 15) is 12.8 Å². The minimum absolute atomic E-state index is 0.127. The van der Waals surface area contributed by atoms with Crippen LogP contribution >= 0.6 is 0 Å². The third-order valence-electron chi connectivity index (χ3n) is 3.57. The highest BCUT2D eigenvalue weighted by Gasteiger charge is 2.16. The molecule has 0 amide bonds. The van der Waals surface area contributed by atoms with Crippen molar-refractivity contribution in [3.8, 4) is 11.5 Å². The molecule has 1 heterocycles. The molecule has 3 rings (SSSR count). The van der Waals surface area contributed by atoms with Crippen LogP contribution in [-0.2, 0) is 16.4 Å². The first kappa shape index (κ1) is 17.2. The minimum Gasteiger partial charge on any atom is -0.421 e. The Hall–Kier alpha value is -2.58. The molecule has 0 aliphatic carbocycles. The van der Waals surface area contributed by atoms with Crippen LogP contribution in [0, 0.1) is 12.7 Å². The zero-order chi connectivity index (χ0) is 17.9. The maximum atomic E-state index is 12.9. The topological polar surface area (TPSA) is 85.1 Å². The zero-order valence-corrected chi connectivity index (χ0v) is 14.3. The number of halogens is 1. The highest BCUT2D eigenvalue weighted by atomic mass is 32.2. The van der Waals surface area contributed by atoms with E-state index in [1.165, 1.54) is 24.3 Å². The molecule has 8 heteroatoms. The van der Waals surface area contributed by atoms with E-state index in [0.717, 1.165) is 0 Å². The lowest BCUT2D eigenvalue weighted by Gasteiger charge is -2.07. The first-order chi connectivity index (χ1) is 12.0. The predicted molar refractivity (Wildman–Crippen MR) is 89.8 cm³/mol. The molecule has 0 radical (unpaired) electrons. The largest absolute Gasteiger partial charge is 0.421 e. The summed E-state index contributed by atoms with van der Waals surface area (Å²) in [4.78, 5) is 0.243. The normalized spacial score (nSPS) is 11.6. The molecule has 0 saturated heterocycles. The molecule has 2 aromatic carbocycles. The summed E-state index contributed by atoms with van der Waals surface area (Å²) in [7, 11) is -3.59. The lowest BCUT2D eigenvalue weighted by Crippen LogP contribution is -2.26. The number of aryl methyl sites for hydroxylation is 1. The minimum atomic E-state index is -3.59. The molecule has 0 atom stereocenters. The highest BCUT2D eigenvalue weighted by Crippen LogP contribution is 2.18. The van der Waals surface area contributed by atoms with Crippen molar-refractivity contribution < 1.29 is 17.2 Å². The number of rotatable bonds is 6. The van der Waals surface area contributed by atoms with Gasteiger partial charge in [-0.25, -0.2) is 17.5 Å². The van der Waals surface area contributed by atoms with Gasteiger partial charge in [0.15, 0.2) is 0 Å². The van der Waals surface area contributed by atoms with Gasteiger partial charge in [0.25, 0.3) is 0 Å². The van der Waals surface area contributed by atoms with Gasteiger partial charge in [0.05, 0.1) is 4.90 Å². The summed E-state index contributed by atoms with van der Waals surface area (Å²) >= 11 is 0. The monoisotopic (exact) mass is 361 g/mol. The third kappa shape index (κ3) is 4.09. The summed E-state index contributed by atoms with van der Waals surface area (Å²) in [5, 5.41) is 7.77. The molecule has 0 unspecified atom stereocenters. The molecule has 1 N–H and O–H groups in total. The van der Waals surface area contributed by atoms with E-state index in [1.54, 1.807) is 31.2 Å². The first-order valence-electron chi connectivity index (χ1n) is 7.59. The van der Waals surface area contributed by atoms with Crippen LogP contribution in [0.3, 0.4) is 0 Å². The quantitative estimate of drug-likeness (QED) is 0.730. The van der Waals surface area contributed by atoms with Crippen LogP contribution in [0.2, 0.25) is 0 Å². The van der Waals surface area contributed by atoms with Crippen LogP contribution in [0.1, 0.15) is 11.5 Å². The fraction of sp³-hybridized carbons (Fsp3) is 0.176. The van der Waals surface area contributed by atoms with E-state index >= 15 is 0 Å². The molecule has 0 aliphatic heterocycles. The van der Waals surface area contributed by atoms with Crippen LogP contribution < -0.4 is 4.72 Å². The average Bonchev–Trinajstić information content (AvgIpc) is 3.04. The maximum absolute atomic E-state index is 12.9. The number of aromatic nitrogens is 2. The molecule has 0 fully saturated rings. The Balaban J connectivity index is 1.63. The van der Waals surface area contributed by atoms with E-state index in [1.807, 2.05) is 0 Å².